The van der Waals surface area contributed by atoms with E-state index in [1.807, 2.05) is 13.0 Å². The fourth-order valence-corrected chi connectivity index (χ4v) is 4.77. The Kier molecular flexibility index (Phi) is 7.63. The van der Waals surface area contributed by atoms with E-state index in [1.165, 1.54) is 16.5 Å². The molecule has 0 unspecified atom stereocenters. The summed E-state index contributed by atoms with van der Waals surface area (Å²) in [6.45, 7) is 5.06. The molecule has 1 aromatic carbocycles. The van der Waals surface area contributed by atoms with E-state index in [2.05, 4.69) is 21.7 Å². The molecule has 2 fully saturated rings. The summed E-state index contributed by atoms with van der Waals surface area (Å²) in [6, 6.07) is 4.04. The monoisotopic (exact) mass is 416 g/mol. The molecule has 2 aromatic rings. The zero-order valence-corrected chi connectivity index (χ0v) is 17.1. The number of hydrogen-bond acceptors (Lipinski definition) is 6. The molecule has 4 rings (SSSR count). The molecule has 0 radical (unpaired) electrons. The highest BCUT2D eigenvalue weighted by atomic mass is 16.3. The molecule has 166 valence electrons. The number of aryl methyl sites for hydroxylation is 1. The van der Waals surface area contributed by atoms with Crippen molar-refractivity contribution in [2.75, 3.05) is 19.6 Å². The first kappa shape index (κ1) is 22.9. The first-order chi connectivity index (χ1) is 14.0. The Balaban J connectivity index is 0.00000256. The molecule has 7 nitrogen and oxygen atoms in total. The maximum atomic E-state index is 13.1. The van der Waals surface area contributed by atoms with Gasteiger partial charge >= 0.3 is 0 Å². The highest BCUT2D eigenvalue weighted by Gasteiger charge is 2.25. The fourth-order valence-electron chi connectivity index (χ4n) is 4.77. The van der Waals surface area contributed by atoms with E-state index in [4.69, 9.17) is 0 Å². The molecule has 7 heteroatoms. The fraction of sp³-hybridized carbons (Fsp3) is 0.652. The third-order valence-corrected chi connectivity index (χ3v) is 6.43. The minimum Gasteiger partial charge on any atom is -0.392 e. The quantitative estimate of drug-likeness (QED) is 0.592. The van der Waals surface area contributed by atoms with Crippen LogP contribution in [0.15, 0.2) is 23.3 Å². The van der Waals surface area contributed by atoms with Crippen molar-refractivity contribution in [1.82, 2.24) is 20.2 Å². The summed E-state index contributed by atoms with van der Waals surface area (Å²) in [5, 5.41) is 27.9. The number of hydrogen-bond donors (Lipinski definition) is 4. The van der Waals surface area contributed by atoms with E-state index in [0.29, 0.717) is 17.7 Å². The standard InChI is InChI=1S/C22H32N4O3.CH4/c1-14-9-16(15-4-7-23-8-5-15)10-18-21(14)25-13-26(22(18)29)12-17(27)11-19-20(28)3-2-6-24-19;/h9-10,13,15,17,19-20,23-24,27-28H,2-8,11-12H2,1H3;1H4/t17-,19+,20-;/m0./s1. The van der Waals surface area contributed by atoms with Gasteiger partial charge in [-0.05, 0) is 81.8 Å². The van der Waals surface area contributed by atoms with Crippen molar-refractivity contribution in [1.29, 1.82) is 0 Å². The van der Waals surface area contributed by atoms with Crippen LogP contribution in [0.1, 0.15) is 56.6 Å². The molecule has 0 aliphatic carbocycles. The number of aliphatic hydroxyl groups is 2. The van der Waals surface area contributed by atoms with Crippen LogP contribution in [0.25, 0.3) is 10.9 Å². The van der Waals surface area contributed by atoms with E-state index >= 15 is 0 Å². The van der Waals surface area contributed by atoms with E-state index in [0.717, 1.165) is 56.4 Å². The molecule has 2 saturated heterocycles. The highest BCUT2D eigenvalue weighted by Crippen LogP contribution is 2.28. The number of fused-ring (bicyclic) bond motifs is 1. The summed E-state index contributed by atoms with van der Waals surface area (Å²) >= 11 is 0. The lowest BCUT2D eigenvalue weighted by atomic mass is 9.88. The topological polar surface area (TPSA) is 99.4 Å². The Morgan fingerprint density at radius 1 is 1.23 bits per heavy atom. The second kappa shape index (κ2) is 10.0. The van der Waals surface area contributed by atoms with Gasteiger partial charge in [-0.2, -0.15) is 0 Å². The smallest absolute Gasteiger partial charge is 0.261 e. The third kappa shape index (κ3) is 4.91. The zero-order chi connectivity index (χ0) is 20.4. The number of nitrogens with one attached hydrogen (secondary N) is 2. The summed E-state index contributed by atoms with van der Waals surface area (Å²) in [6.07, 6.45) is 4.64. The Morgan fingerprint density at radius 2 is 2.00 bits per heavy atom. The predicted octanol–water partition coefficient (Wildman–Crippen LogP) is 1.67. The molecule has 4 N–H and O–H groups in total. The van der Waals surface area contributed by atoms with Gasteiger partial charge in [0.15, 0.2) is 0 Å². The maximum Gasteiger partial charge on any atom is 0.261 e. The lowest BCUT2D eigenvalue weighted by molar-refractivity contribution is 0.0539. The van der Waals surface area contributed by atoms with Gasteiger partial charge in [0.05, 0.1) is 36.0 Å². The number of rotatable bonds is 5. The Bertz CT molecular complexity index is 907. The molecular formula is C23H36N4O3. The Hall–Kier alpha value is -1.80. The number of nitrogens with zero attached hydrogens (tertiary/aromatic N) is 2. The largest absolute Gasteiger partial charge is 0.392 e. The van der Waals surface area contributed by atoms with Gasteiger partial charge in [0, 0.05) is 6.04 Å². The van der Waals surface area contributed by atoms with Gasteiger partial charge in [-0.3, -0.25) is 9.36 Å². The van der Waals surface area contributed by atoms with Crippen LogP contribution in [0.3, 0.4) is 0 Å². The van der Waals surface area contributed by atoms with Crippen LogP contribution in [0.4, 0.5) is 0 Å². The van der Waals surface area contributed by atoms with Gasteiger partial charge in [0.1, 0.15) is 0 Å². The molecule has 30 heavy (non-hydrogen) atoms. The second-order valence-electron chi connectivity index (χ2n) is 8.62. The molecule has 1 aromatic heterocycles. The maximum absolute atomic E-state index is 13.1. The molecule has 2 aliphatic rings. The van der Waals surface area contributed by atoms with Gasteiger partial charge < -0.3 is 20.8 Å². The molecule has 3 atom stereocenters. The summed E-state index contributed by atoms with van der Waals surface area (Å²) in [7, 11) is 0. The predicted molar refractivity (Wildman–Crippen MR) is 120 cm³/mol. The van der Waals surface area contributed by atoms with E-state index < -0.39 is 12.2 Å². The van der Waals surface area contributed by atoms with Crippen LogP contribution in [0.5, 0.6) is 0 Å². The third-order valence-electron chi connectivity index (χ3n) is 6.43. The molecule has 0 bridgehead atoms. The molecule has 0 saturated carbocycles. The number of aromatic nitrogens is 2. The van der Waals surface area contributed by atoms with E-state index in [9.17, 15) is 15.0 Å². The molecule has 3 heterocycles. The zero-order valence-electron chi connectivity index (χ0n) is 17.1. The average Bonchev–Trinajstić information content (AvgIpc) is 2.72. The Labute approximate surface area is 178 Å². The van der Waals surface area contributed by atoms with Gasteiger partial charge in [-0.15, -0.1) is 0 Å². The van der Waals surface area contributed by atoms with Crippen molar-refractivity contribution in [3.63, 3.8) is 0 Å². The summed E-state index contributed by atoms with van der Waals surface area (Å²) in [5.41, 5.74) is 2.87. The lowest BCUT2D eigenvalue weighted by Crippen LogP contribution is -2.47. The average molecular weight is 417 g/mol. The SMILES string of the molecule is C.Cc1cc(C2CCNCC2)cc2c(=O)n(C[C@@H](O)C[C@H]3NCCC[C@@H]3O)cnc12. The number of aliphatic hydroxyl groups excluding tert-OH is 2. The summed E-state index contributed by atoms with van der Waals surface area (Å²) in [4.78, 5) is 17.7. The van der Waals surface area contributed by atoms with Crippen LogP contribution in [-0.4, -0.2) is 57.6 Å². The van der Waals surface area contributed by atoms with Crippen molar-refractivity contribution >= 4 is 10.9 Å². The summed E-state index contributed by atoms with van der Waals surface area (Å²) < 4.78 is 1.51. The molecule has 0 amide bonds. The highest BCUT2D eigenvalue weighted by molar-refractivity contribution is 5.81. The first-order valence-electron chi connectivity index (χ1n) is 10.8. The number of piperidine rings is 2. The molecule has 0 spiro atoms. The van der Waals surface area contributed by atoms with Crippen molar-refractivity contribution in [2.45, 2.75) is 77.2 Å². The molecule has 2 aliphatic heterocycles. The van der Waals surface area contributed by atoms with Crippen LogP contribution in [-0.2, 0) is 6.54 Å². The Morgan fingerprint density at radius 3 is 2.73 bits per heavy atom. The van der Waals surface area contributed by atoms with E-state index in [1.54, 1.807) is 0 Å². The van der Waals surface area contributed by atoms with Gasteiger partial charge in [0.2, 0.25) is 0 Å². The normalized spacial score (nSPS) is 23.8. The van der Waals surface area contributed by atoms with Crippen LogP contribution in [0.2, 0.25) is 0 Å². The van der Waals surface area contributed by atoms with Gasteiger partial charge in [-0.25, -0.2) is 4.98 Å². The van der Waals surface area contributed by atoms with Crippen molar-refractivity contribution < 1.29 is 10.2 Å². The van der Waals surface area contributed by atoms with Crippen molar-refractivity contribution in [3.8, 4) is 0 Å². The first-order valence-corrected chi connectivity index (χ1v) is 10.8. The van der Waals surface area contributed by atoms with Crippen LogP contribution in [0, 0.1) is 6.92 Å². The second-order valence-corrected chi connectivity index (χ2v) is 8.62. The lowest BCUT2D eigenvalue weighted by Gasteiger charge is -2.30. The minimum atomic E-state index is -0.717. The van der Waals surface area contributed by atoms with E-state index in [-0.39, 0.29) is 25.6 Å². The molecular weight excluding hydrogens is 380 g/mol. The van der Waals surface area contributed by atoms with Gasteiger partial charge in [0.25, 0.3) is 5.56 Å². The van der Waals surface area contributed by atoms with Crippen LogP contribution >= 0.6 is 0 Å². The minimum absolute atomic E-state index is 0. The van der Waals surface area contributed by atoms with Crippen molar-refractivity contribution in [2.24, 2.45) is 0 Å². The van der Waals surface area contributed by atoms with Crippen LogP contribution < -0.4 is 16.2 Å². The van der Waals surface area contributed by atoms with Gasteiger partial charge in [-0.1, -0.05) is 13.5 Å². The number of benzene rings is 1. The summed E-state index contributed by atoms with van der Waals surface area (Å²) in [5.74, 6) is 0.469. The van der Waals surface area contributed by atoms with Crippen molar-refractivity contribution in [3.05, 3.63) is 39.9 Å².